The van der Waals surface area contributed by atoms with Crippen LogP contribution in [0.1, 0.15) is 66.9 Å². The number of amides is 2. The smallest absolute Gasteiger partial charge is 0.257 e. The quantitative estimate of drug-likeness (QED) is 0.211. The fourth-order valence-electron chi connectivity index (χ4n) is 7.60. The summed E-state index contributed by atoms with van der Waals surface area (Å²) in [6.07, 6.45) is 5.95. The van der Waals surface area contributed by atoms with Gasteiger partial charge in [0.1, 0.15) is 5.75 Å². The molecule has 2 amide bonds. The number of carbonyl (C=O) groups is 2. The molecule has 2 atom stereocenters. The summed E-state index contributed by atoms with van der Waals surface area (Å²) in [7, 11) is 1.58. The first-order chi connectivity index (χ1) is 23.5. The van der Waals surface area contributed by atoms with Crippen molar-refractivity contribution in [2.75, 3.05) is 20.3 Å². The van der Waals surface area contributed by atoms with Gasteiger partial charge in [0.2, 0.25) is 0 Å². The largest absolute Gasteiger partial charge is 0.493 e. The van der Waals surface area contributed by atoms with Crippen molar-refractivity contribution in [3.63, 3.8) is 0 Å². The number of methoxy groups -OCH3 is 1. The van der Waals surface area contributed by atoms with Crippen LogP contribution in [0.2, 0.25) is 0 Å². The lowest BCUT2D eigenvalue weighted by atomic mass is 9.92. The van der Waals surface area contributed by atoms with E-state index in [9.17, 15) is 9.59 Å². The summed E-state index contributed by atoms with van der Waals surface area (Å²) >= 11 is 0. The molecule has 0 aromatic heterocycles. The predicted molar refractivity (Wildman–Crippen MR) is 184 cm³/mol. The lowest BCUT2D eigenvalue weighted by molar-refractivity contribution is 0.0642. The topological polar surface area (TPSA) is 80.7 Å². The molecule has 0 saturated heterocycles. The van der Waals surface area contributed by atoms with Gasteiger partial charge in [-0.2, -0.15) is 0 Å². The third-order valence-corrected chi connectivity index (χ3v) is 10.2. The van der Waals surface area contributed by atoms with Crippen LogP contribution in [-0.2, 0) is 32.4 Å². The Bertz CT molecular complexity index is 1950. The van der Waals surface area contributed by atoms with Gasteiger partial charge in [-0.1, -0.05) is 48.5 Å². The molecular formula is C40H39N3O5. The van der Waals surface area contributed by atoms with Crippen LogP contribution in [0.25, 0.3) is 0 Å². The number of hydrogen-bond acceptors (Lipinski definition) is 6. The minimum absolute atomic E-state index is 0.0564. The highest BCUT2D eigenvalue weighted by atomic mass is 16.5. The average molecular weight is 642 g/mol. The summed E-state index contributed by atoms with van der Waals surface area (Å²) in [5.41, 5.74) is 8.92. The van der Waals surface area contributed by atoms with Crippen molar-refractivity contribution in [2.45, 2.75) is 64.2 Å². The lowest BCUT2D eigenvalue weighted by Gasteiger charge is -2.36. The lowest BCUT2D eigenvalue weighted by Crippen LogP contribution is -2.44. The molecule has 4 aromatic rings. The van der Waals surface area contributed by atoms with E-state index in [4.69, 9.17) is 19.2 Å². The predicted octanol–water partition coefficient (Wildman–Crippen LogP) is 6.65. The van der Waals surface area contributed by atoms with Crippen LogP contribution >= 0.6 is 0 Å². The zero-order valence-electron chi connectivity index (χ0n) is 27.4. The summed E-state index contributed by atoms with van der Waals surface area (Å²) < 4.78 is 18.0. The van der Waals surface area contributed by atoms with Crippen molar-refractivity contribution in [1.82, 2.24) is 9.80 Å². The molecule has 0 saturated carbocycles. The molecule has 4 aliphatic rings. The Morgan fingerprint density at radius 2 is 1.40 bits per heavy atom. The maximum absolute atomic E-state index is 13.7. The number of nitrogens with zero attached hydrogens (tertiary/aromatic N) is 3. The van der Waals surface area contributed by atoms with Gasteiger partial charge in [0.25, 0.3) is 11.8 Å². The van der Waals surface area contributed by atoms with E-state index in [-0.39, 0.29) is 23.9 Å². The SMILES string of the molecule is COc1cc2c(cc1OCCCOc1cc3c(cc1C)C(=O)N1Cc4ccccc4C[C@H]1CC3)N=C[C@@H]1Cc3ccccc3CN1C2=O. The minimum Gasteiger partial charge on any atom is -0.493 e. The molecule has 0 spiro atoms. The first-order valence-corrected chi connectivity index (χ1v) is 16.9. The van der Waals surface area contributed by atoms with Gasteiger partial charge in [0.15, 0.2) is 11.5 Å². The molecule has 4 aromatic carbocycles. The third kappa shape index (κ3) is 5.49. The van der Waals surface area contributed by atoms with Gasteiger partial charge >= 0.3 is 0 Å². The average Bonchev–Trinajstić information content (AvgIpc) is 3.32. The monoisotopic (exact) mass is 641 g/mol. The summed E-state index contributed by atoms with van der Waals surface area (Å²) in [4.78, 5) is 36.1. The molecule has 0 aliphatic carbocycles. The van der Waals surface area contributed by atoms with E-state index >= 15 is 0 Å². The van der Waals surface area contributed by atoms with E-state index in [1.165, 1.54) is 22.3 Å². The summed E-state index contributed by atoms with van der Waals surface area (Å²) in [6, 6.07) is 24.5. The molecule has 4 aliphatic heterocycles. The number of benzene rings is 4. The van der Waals surface area contributed by atoms with E-state index in [1.54, 1.807) is 19.2 Å². The van der Waals surface area contributed by atoms with Crippen molar-refractivity contribution in [3.05, 3.63) is 117 Å². The maximum Gasteiger partial charge on any atom is 0.257 e. The molecule has 48 heavy (non-hydrogen) atoms. The number of hydrogen-bond donors (Lipinski definition) is 0. The van der Waals surface area contributed by atoms with Crippen molar-refractivity contribution < 1.29 is 23.8 Å². The zero-order chi connectivity index (χ0) is 32.8. The van der Waals surface area contributed by atoms with Crippen LogP contribution in [0, 0.1) is 6.92 Å². The number of fused-ring (bicyclic) bond motifs is 6. The Hall–Kier alpha value is -5.11. The van der Waals surface area contributed by atoms with Crippen LogP contribution in [-0.4, -0.2) is 60.2 Å². The Labute approximate surface area is 280 Å². The van der Waals surface area contributed by atoms with Gasteiger partial charge in [-0.05, 0) is 84.2 Å². The molecule has 0 bridgehead atoms. The molecule has 8 nitrogen and oxygen atoms in total. The van der Waals surface area contributed by atoms with E-state index in [0.29, 0.717) is 55.5 Å². The third-order valence-electron chi connectivity index (χ3n) is 10.2. The van der Waals surface area contributed by atoms with Gasteiger partial charge in [0.05, 0.1) is 37.6 Å². The molecule has 0 N–H and O–H groups in total. The molecule has 4 heterocycles. The molecule has 8 rings (SSSR count). The second-order valence-electron chi connectivity index (χ2n) is 13.2. The Kier molecular flexibility index (Phi) is 7.87. The van der Waals surface area contributed by atoms with Gasteiger partial charge in [-0.25, -0.2) is 0 Å². The van der Waals surface area contributed by atoms with Gasteiger partial charge < -0.3 is 24.0 Å². The van der Waals surface area contributed by atoms with Crippen molar-refractivity contribution >= 4 is 23.7 Å². The van der Waals surface area contributed by atoms with Crippen molar-refractivity contribution in [2.24, 2.45) is 4.99 Å². The fourth-order valence-corrected chi connectivity index (χ4v) is 7.60. The minimum atomic E-state index is -0.0966. The number of aliphatic imine (C=N–C) groups is 1. The van der Waals surface area contributed by atoms with E-state index in [1.807, 2.05) is 36.2 Å². The number of carbonyl (C=O) groups excluding carboxylic acids is 2. The molecular weight excluding hydrogens is 602 g/mol. The second kappa shape index (κ2) is 12.5. The first-order valence-electron chi connectivity index (χ1n) is 16.9. The van der Waals surface area contributed by atoms with Crippen LogP contribution < -0.4 is 14.2 Å². The number of aryl methyl sites for hydroxylation is 2. The van der Waals surface area contributed by atoms with Crippen LogP contribution in [0.5, 0.6) is 17.2 Å². The fraction of sp³-hybridized carbons (Fsp3) is 0.325. The number of ether oxygens (including phenoxy) is 3. The Morgan fingerprint density at radius 3 is 2.15 bits per heavy atom. The molecule has 0 unspecified atom stereocenters. The van der Waals surface area contributed by atoms with E-state index < -0.39 is 0 Å². The van der Waals surface area contributed by atoms with Crippen LogP contribution in [0.15, 0.2) is 77.8 Å². The van der Waals surface area contributed by atoms with E-state index in [2.05, 4.69) is 47.4 Å². The van der Waals surface area contributed by atoms with Crippen LogP contribution in [0.3, 0.4) is 0 Å². The zero-order valence-corrected chi connectivity index (χ0v) is 27.4. The molecule has 244 valence electrons. The maximum atomic E-state index is 13.7. The Balaban J connectivity index is 0.911. The van der Waals surface area contributed by atoms with Crippen LogP contribution in [0.4, 0.5) is 5.69 Å². The summed E-state index contributed by atoms with van der Waals surface area (Å²) in [5, 5.41) is 0. The van der Waals surface area contributed by atoms with Gasteiger partial charge in [-0.15, -0.1) is 0 Å². The highest BCUT2D eigenvalue weighted by Crippen LogP contribution is 2.39. The number of rotatable bonds is 7. The summed E-state index contributed by atoms with van der Waals surface area (Å²) in [6.45, 7) is 4.08. The van der Waals surface area contributed by atoms with Gasteiger partial charge in [0, 0.05) is 43.4 Å². The van der Waals surface area contributed by atoms with E-state index in [0.717, 1.165) is 48.1 Å². The summed E-state index contributed by atoms with van der Waals surface area (Å²) in [5.74, 6) is 1.91. The molecule has 0 fully saturated rings. The standard InChI is InChI=1S/C40H39N3O5/c1-25-16-33-28(12-13-31-17-26-8-3-5-10-29(26)23-42(31)39(33)44)19-36(25)47-14-7-15-48-38-21-35-34(20-37(38)46-2)40(45)43-24-30-11-6-4-9-27(30)18-32(43)22-41-35/h3-6,8-11,16,19-22,31-32H,7,12-15,17-18,23-24H2,1-2H3/t31-,32+/m1/s1. The second-order valence-corrected chi connectivity index (χ2v) is 13.2. The van der Waals surface area contributed by atoms with Crippen molar-refractivity contribution in [1.29, 1.82) is 0 Å². The van der Waals surface area contributed by atoms with Gasteiger partial charge in [-0.3, -0.25) is 14.6 Å². The molecule has 8 heteroatoms. The molecule has 0 radical (unpaired) electrons. The first kappa shape index (κ1) is 30.2. The normalized spacial score (nSPS) is 19.1. The highest BCUT2D eigenvalue weighted by Gasteiger charge is 2.35. The Morgan fingerprint density at radius 1 is 0.729 bits per heavy atom. The highest BCUT2D eigenvalue weighted by molar-refractivity contribution is 6.03. The van der Waals surface area contributed by atoms with Crippen molar-refractivity contribution in [3.8, 4) is 17.2 Å².